The highest BCUT2D eigenvalue weighted by molar-refractivity contribution is 5.67. The zero-order chi connectivity index (χ0) is 16.1. The van der Waals surface area contributed by atoms with Crippen LogP contribution in [0, 0.1) is 0 Å². The summed E-state index contributed by atoms with van der Waals surface area (Å²) in [7, 11) is 1.42. The fourth-order valence-electron chi connectivity index (χ4n) is 3.23. The van der Waals surface area contributed by atoms with E-state index in [0.717, 1.165) is 57.0 Å². The zero-order valence-electron chi connectivity index (χ0n) is 13.7. The van der Waals surface area contributed by atoms with Crippen LogP contribution in [0.4, 0.5) is 10.5 Å². The SMILES string of the molecule is COC(=O)N1CCC[C@H](Oc2ccccc2N2CCNCC2)C1. The maximum absolute atomic E-state index is 11.7. The Morgan fingerprint density at radius 3 is 2.78 bits per heavy atom. The van der Waals surface area contributed by atoms with Gasteiger partial charge in [0.25, 0.3) is 0 Å². The normalized spacial score (nSPS) is 21.9. The highest BCUT2D eigenvalue weighted by Gasteiger charge is 2.26. The highest BCUT2D eigenvalue weighted by atomic mass is 16.5. The predicted octanol–water partition coefficient (Wildman–Crippen LogP) is 1.71. The van der Waals surface area contributed by atoms with E-state index in [-0.39, 0.29) is 12.2 Å². The Bertz CT molecular complexity index is 532. The van der Waals surface area contributed by atoms with E-state index in [9.17, 15) is 4.79 Å². The third kappa shape index (κ3) is 3.88. The lowest BCUT2D eigenvalue weighted by Gasteiger charge is -2.34. The molecule has 126 valence electrons. The maximum Gasteiger partial charge on any atom is 0.409 e. The van der Waals surface area contributed by atoms with Crippen molar-refractivity contribution >= 4 is 11.8 Å². The van der Waals surface area contributed by atoms with Crippen molar-refractivity contribution in [3.8, 4) is 5.75 Å². The third-order valence-electron chi connectivity index (χ3n) is 4.43. The number of methoxy groups -OCH3 is 1. The molecule has 0 radical (unpaired) electrons. The van der Waals surface area contributed by atoms with E-state index in [1.54, 1.807) is 4.90 Å². The molecular formula is C17H25N3O3. The fraction of sp³-hybridized carbons (Fsp3) is 0.588. The van der Waals surface area contributed by atoms with Crippen LogP contribution >= 0.6 is 0 Å². The first kappa shape index (κ1) is 15.9. The summed E-state index contributed by atoms with van der Waals surface area (Å²) >= 11 is 0. The van der Waals surface area contributed by atoms with Gasteiger partial charge in [-0.3, -0.25) is 0 Å². The van der Waals surface area contributed by atoms with Crippen LogP contribution in [0.15, 0.2) is 24.3 Å². The lowest BCUT2D eigenvalue weighted by atomic mass is 10.1. The minimum Gasteiger partial charge on any atom is -0.486 e. The van der Waals surface area contributed by atoms with Gasteiger partial charge in [0.2, 0.25) is 0 Å². The number of likely N-dealkylation sites (tertiary alicyclic amines) is 1. The van der Waals surface area contributed by atoms with Crippen molar-refractivity contribution in [2.24, 2.45) is 0 Å². The molecule has 2 aliphatic rings. The summed E-state index contributed by atoms with van der Waals surface area (Å²) in [4.78, 5) is 15.8. The molecule has 1 aromatic carbocycles. The van der Waals surface area contributed by atoms with E-state index in [1.807, 2.05) is 18.2 Å². The first-order chi connectivity index (χ1) is 11.3. The molecule has 1 atom stereocenters. The van der Waals surface area contributed by atoms with Gasteiger partial charge in [-0.15, -0.1) is 0 Å². The number of piperidine rings is 1. The van der Waals surface area contributed by atoms with Gasteiger partial charge in [-0.1, -0.05) is 12.1 Å². The fourth-order valence-corrected chi connectivity index (χ4v) is 3.23. The molecule has 0 aromatic heterocycles. The summed E-state index contributed by atoms with van der Waals surface area (Å²) in [6.45, 7) is 5.29. The largest absolute Gasteiger partial charge is 0.486 e. The van der Waals surface area contributed by atoms with Crippen molar-refractivity contribution in [2.75, 3.05) is 51.3 Å². The molecule has 0 spiro atoms. The molecule has 0 unspecified atom stereocenters. The van der Waals surface area contributed by atoms with Gasteiger partial charge in [0.1, 0.15) is 11.9 Å². The summed E-state index contributed by atoms with van der Waals surface area (Å²) in [6, 6.07) is 8.18. The molecular weight excluding hydrogens is 294 g/mol. The van der Waals surface area contributed by atoms with E-state index < -0.39 is 0 Å². The minimum absolute atomic E-state index is 0.0203. The van der Waals surface area contributed by atoms with Crippen LogP contribution in [0.1, 0.15) is 12.8 Å². The first-order valence-corrected chi connectivity index (χ1v) is 8.32. The number of rotatable bonds is 3. The van der Waals surface area contributed by atoms with Crippen molar-refractivity contribution < 1.29 is 14.3 Å². The van der Waals surface area contributed by atoms with Gasteiger partial charge in [-0.25, -0.2) is 4.79 Å². The van der Waals surface area contributed by atoms with Gasteiger partial charge in [0.15, 0.2) is 0 Å². The average molecular weight is 319 g/mol. The second-order valence-corrected chi connectivity index (χ2v) is 6.00. The Labute approximate surface area is 137 Å². The Balaban J connectivity index is 1.68. The molecule has 0 bridgehead atoms. The number of amides is 1. The van der Waals surface area contributed by atoms with E-state index in [0.29, 0.717) is 6.54 Å². The lowest BCUT2D eigenvalue weighted by molar-refractivity contribution is 0.0695. The van der Waals surface area contributed by atoms with E-state index >= 15 is 0 Å². The Morgan fingerprint density at radius 2 is 2.00 bits per heavy atom. The molecule has 1 aromatic rings. The summed E-state index contributed by atoms with van der Waals surface area (Å²) in [6.07, 6.45) is 1.65. The molecule has 1 amide bonds. The molecule has 0 saturated carbocycles. The van der Waals surface area contributed by atoms with Crippen molar-refractivity contribution in [1.82, 2.24) is 10.2 Å². The number of nitrogens with one attached hydrogen (secondary N) is 1. The number of anilines is 1. The highest BCUT2D eigenvalue weighted by Crippen LogP contribution is 2.30. The molecule has 23 heavy (non-hydrogen) atoms. The molecule has 3 rings (SSSR count). The standard InChI is InChI=1S/C17H25N3O3/c1-22-17(21)20-10-4-5-14(13-20)23-16-7-3-2-6-15(16)19-11-8-18-9-12-19/h2-3,6-7,14,18H,4-5,8-13H2,1H3/t14-/m0/s1. The van der Waals surface area contributed by atoms with Crippen molar-refractivity contribution in [1.29, 1.82) is 0 Å². The molecule has 6 nitrogen and oxygen atoms in total. The average Bonchev–Trinajstić information content (AvgIpc) is 2.62. The van der Waals surface area contributed by atoms with Crippen molar-refractivity contribution in [3.05, 3.63) is 24.3 Å². The topological polar surface area (TPSA) is 54.0 Å². The molecule has 6 heteroatoms. The maximum atomic E-state index is 11.7. The van der Waals surface area contributed by atoms with E-state index in [2.05, 4.69) is 16.3 Å². The number of para-hydroxylation sites is 2. The number of benzene rings is 1. The quantitative estimate of drug-likeness (QED) is 0.919. The van der Waals surface area contributed by atoms with Crippen molar-refractivity contribution in [2.45, 2.75) is 18.9 Å². The van der Waals surface area contributed by atoms with Crippen molar-refractivity contribution in [3.63, 3.8) is 0 Å². The van der Waals surface area contributed by atoms with Crippen LogP contribution < -0.4 is 15.0 Å². The minimum atomic E-state index is -0.270. The number of nitrogens with zero attached hydrogens (tertiary/aromatic N) is 2. The van der Waals surface area contributed by atoms with Crippen LogP contribution in [-0.4, -0.2) is 63.5 Å². The summed E-state index contributed by atoms with van der Waals surface area (Å²) in [5, 5.41) is 3.37. The van der Waals surface area contributed by atoms with E-state index in [1.165, 1.54) is 7.11 Å². The predicted molar refractivity (Wildman–Crippen MR) is 89.2 cm³/mol. The molecule has 2 fully saturated rings. The molecule has 2 aliphatic heterocycles. The van der Waals surface area contributed by atoms with Gasteiger partial charge >= 0.3 is 6.09 Å². The Kier molecular flexibility index (Phi) is 5.23. The monoisotopic (exact) mass is 319 g/mol. The number of hydrogen-bond donors (Lipinski definition) is 1. The Morgan fingerprint density at radius 1 is 1.22 bits per heavy atom. The van der Waals surface area contributed by atoms with Gasteiger partial charge in [-0.05, 0) is 25.0 Å². The first-order valence-electron chi connectivity index (χ1n) is 8.32. The van der Waals surface area contributed by atoms with Crippen LogP contribution in [-0.2, 0) is 4.74 Å². The van der Waals surface area contributed by atoms with Crippen LogP contribution in [0.3, 0.4) is 0 Å². The summed E-state index contributed by atoms with van der Waals surface area (Å²) in [5.74, 6) is 0.908. The second-order valence-electron chi connectivity index (χ2n) is 6.00. The molecule has 0 aliphatic carbocycles. The molecule has 2 saturated heterocycles. The van der Waals surface area contributed by atoms with Gasteiger partial charge in [0, 0.05) is 32.7 Å². The summed E-state index contributed by atoms with van der Waals surface area (Å²) < 4.78 is 11.1. The third-order valence-corrected chi connectivity index (χ3v) is 4.43. The summed E-state index contributed by atoms with van der Waals surface area (Å²) in [5.41, 5.74) is 1.14. The van der Waals surface area contributed by atoms with Gasteiger partial charge in [-0.2, -0.15) is 0 Å². The van der Waals surface area contributed by atoms with Gasteiger partial charge in [0.05, 0.1) is 19.3 Å². The number of carbonyl (C=O) groups excluding carboxylic acids is 1. The Hall–Kier alpha value is -1.95. The van der Waals surface area contributed by atoms with Crippen LogP contribution in [0.25, 0.3) is 0 Å². The van der Waals surface area contributed by atoms with Crippen LogP contribution in [0.2, 0.25) is 0 Å². The van der Waals surface area contributed by atoms with E-state index in [4.69, 9.17) is 9.47 Å². The molecule has 1 N–H and O–H groups in total. The lowest BCUT2D eigenvalue weighted by Crippen LogP contribution is -2.45. The second kappa shape index (κ2) is 7.55. The number of ether oxygens (including phenoxy) is 2. The van der Waals surface area contributed by atoms with Gasteiger partial charge < -0.3 is 24.6 Å². The van der Waals surface area contributed by atoms with Crippen LogP contribution in [0.5, 0.6) is 5.75 Å². The number of piperazine rings is 1. The zero-order valence-corrected chi connectivity index (χ0v) is 13.7. The number of hydrogen-bond acceptors (Lipinski definition) is 5. The number of carbonyl (C=O) groups is 1. The molecule has 2 heterocycles. The smallest absolute Gasteiger partial charge is 0.409 e.